The lowest BCUT2D eigenvalue weighted by Crippen LogP contribution is -2.48. The van der Waals surface area contributed by atoms with Gasteiger partial charge in [0.2, 0.25) is 10.0 Å². The van der Waals surface area contributed by atoms with Gasteiger partial charge in [-0.1, -0.05) is 43.3 Å². The summed E-state index contributed by atoms with van der Waals surface area (Å²) in [5.41, 5.74) is 3.30. The number of piperazine rings is 1. The minimum atomic E-state index is -3.71. The molecular weight excluding hydrogens is 376 g/mol. The van der Waals surface area contributed by atoms with Crippen molar-refractivity contribution < 1.29 is 12.9 Å². The Morgan fingerprint density at radius 1 is 1.21 bits per heavy atom. The maximum absolute atomic E-state index is 13.5. The molecule has 148 valence electrons. The Labute approximate surface area is 164 Å². The normalized spacial score (nSPS) is 18.6. The number of pyridine rings is 1. The van der Waals surface area contributed by atoms with Crippen molar-refractivity contribution >= 4 is 21.1 Å². The van der Waals surface area contributed by atoms with Gasteiger partial charge in [0.25, 0.3) is 5.71 Å². The summed E-state index contributed by atoms with van der Waals surface area (Å²) < 4.78 is 33.7. The van der Waals surface area contributed by atoms with Crippen LogP contribution in [0.15, 0.2) is 45.9 Å². The van der Waals surface area contributed by atoms with Gasteiger partial charge in [0.1, 0.15) is 4.90 Å². The molecule has 28 heavy (non-hydrogen) atoms. The first-order chi connectivity index (χ1) is 13.5. The van der Waals surface area contributed by atoms with E-state index in [1.807, 2.05) is 19.1 Å². The molecule has 0 saturated carbocycles. The van der Waals surface area contributed by atoms with E-state index >= 15 is 0 Å². The number of aryl methyl sites for hydroxylation is 2. The monoisotopic (exact) mass is 400 g/mol. The van der Waals surface area contributed by atoms with Gasteiger partial charge in [-0.3, -0.25) is 0 Å². The quantitative estimate of drug-likeness (QED) is 0.708. The van der Waals surface area contributed by atoms with Gasteiger partial charge in [-0.2, -0.15) is 4.31 Å². The molecule has 1 aliphatic rings. The molecule has 1 saturated heterocycles. The molecule has 1 N–H and O–H groups in total. The molecule has 2 aromatic heterocycles. The van der Waals surface area contributed by atoms with E-state index in [1.54, 1.807) is 10.4 Å². The van der Waals surface area contributed by atoms with Crippen LogP contribution in [0.1, 0.15) is 36.7 Å². The highest BCUT2D eigenvalue weighted by molar-refractivity contribution is 7.89. The lowest BCUT2D eigenvalue weighted by molar-refractivity contribution is 0.271. The number of nitrogens with zero attached hydrogens (tertiary/aromatic N) is 3. The Hall–Kier alpha value is -2.29. The third kappa shape index (κ3) is 3.32. The highest BCUT2D eigenvalue weighted by Crippen LogP contribution is 2.30. The molecule has 1 aromatic carbocycles. The summed E-state index contributed by atoms with van der Waals surface area (Å²) >= 11 is 0. The second-order valence-corrected chi connectivity index (χ2v) is 8.83. The van der Waals surface area contributed by atoms with Gasteiger partial charge < -0.3 is 9.84 Å². The van der Waals surface area contributed by atoms with Crippen LogP contribution in [-0.4, -0.2) is 42.5 Å². The molecular formula is C20H24N4O3S. The van der Waals surface area contributed by atoms with Crippen molar-refractivity contribution in [2.45, 2.75) is 37.6 Å². The first kappa shape index (κ1) is 19.0. The first-order valence-corrected chi connectivity index (χ1v) is 11.0. The lowest BCUT2D eigenvalue weighted by atomic mass is 10.0. The Morgan fingerprint density at radius 3 is 2.71 bits per heavy atom. The average molecular weight is 401 g/mol. The second-order valence-electron chi connectivity index (χ2n) is 6.94. The Bertz CT molecular complexity index is 1080. The first-order valence-electron chi connectivity index (χ1n) is 9.60. The predicted molar refractivity (Wildman–Crippen MR) is 107 cm³/mol. The third-order valence-electron chi connectivity index (χ3n) is 5.29. The van der Waals surface area contributed by atoms with Crippen LogP contribution in [0.25, 0.3) is 11.1 Å². The van der Waals surface area contributed by atoms with Crippen LogP contribution in [0, 0.1) is 0 Å². The average Bonchev–Trinajstić information content (AvgIpc) is 3.16. The van der Waals surface area contributed by atoms with Crippen LogP contribution in [0.5, 0.6) is 0 Å². The van der Waals surface area contributed by atoms with E-state index < -0.39 is 10.0 Å². The predicted octanol–water partition coefficient (Wildman–Crippen LogP) is 2.68. The number of aromatic nitrogens is 2. The van der Waals surface area contributed by atoms with Crippen molar-refractivity contribution in [1.29, 1.82) is 0 Å². The fraction of sp³-hybridized carbons (Fsp3) is 0.400. The van der Waals surface area contributed by atoms with E-state index in [9.17, 15) is 8.42 Å². The highest BCUT2D eigenvalue weighted by atomic mass is 32.2. The summed E-state index contributed by atoms with van der Waals surface area (Å²) in [7, 11) is -3.71. The third-order valence-corrected chi connectivity index (χ3v) is 7.16. The van der Waals surface area contributed by atoms with Crippen molar-refractivity contribution in [1.82, 2.24) is 19.8 Å². The standard InChI is InChI=1S/C20H24N4O3S/c1-3-14-5-7-15(8-6-14)19-13-21-9-10-24(19)28(25,26)16-11-17-18(4-2)23-27-20(17)22-12-16/h5-8,11-12,19,21H,3-4,9-10,13H2,1-2H3/t19-/m0/s1. The van der Waals surface area contributed by atoms with Crippen molar-refractivity contribution in [3.63, 3.8) is 0 Å². The summed E-state index contributed by atoms with van der Waals surface area (Å²) in [4.78, 5) is 4.36. The van der Waals surface area contributed by atoms with Gasteiger partial charge >= 0.3 is 0 Å². The van der Waals surface area contributed by atoms with E-state index in [2.05, 4.69) is 34.5 Å². The number of nitrogens with one attached hydrogen (secondary N) is 1. The lowest BCUT2D eigenvalue weighted by Gasteiger charge is -2.35. The maximum Gasteiger partial charge on any atom is 0.258 e. The smallest absolute Gasteiger partial charge is 0.258 e. The number of benzene rings is 1. The number of fused-ring (bicyclic) bond motifs is 1. The zero-order chi connectivity index (χ0) is 19.7. The van der Waals surface area contributed by atoms with Gasteiger partial charge in [0.05, 0.1) is 23.3 Å². The van der Waals surface area contributed by atoms with E-state index in [-0.39, 0.29) is 10.9 Å². The molecule has 0 unspecified atom stereocenters. The molecule has 8 heteroatoms. The molecule has 0 aliphatic carbocycles. The van der Waals surface area contributed by atoms with Crippen LogP contribution in [0.2, 0.25) is 0 Å². The fourth-order valence-corrected chi connectivity index (χ4v) is 5.21. The minimum Gasteiger partial charge on any atom is -0.336 e. The molecule has 1 aliphatic heterocycles. The molecule has 0 spiro atoms. The molecule has 4 rings (SSSR count). The van der Waals surface area contributed by atoms with E-state index in [0.29, 0.717) is 42.8 Å². The number of rotatable bonds is 5. The minimum absolute atomic E-state index is 0.176. The zero-order valence-electron chi connectivity index (χ0n) is 16.1. The fourth-order valence-electron chi connectivity index (χ4n) is 3.62. The molecule has 0 amide bonds. The van der Waals surface area contributed by atoms with Crippen molar-refractivity contribution in [2.75, 3.05) is 19.6 Å². The van der Waals surface area contributed by atoms with Crippen molar-refractivity contribution in [2.24, 2.45) is 0 Å². The summed E-state index contributed by atoms with van der Waals surface area (Å²) in [6.07, 6.45) is 2.97. The van der Waals surface area contributed by atoms with E-state index in [4.69, 9.17) is 4.52 Å². The van der Waals surface area contributed by atoms with Crippen molar-refractivity contribution in [3.8, 4) is 0 Å². The molecule has 3 heterocycles. The van der Waals surface area contributed by atoms with Gasteiger partial charge in [0.15, 0.2) is 0 Å². The molecule has 3 aromatic rings. The number of sulfonamides is 1. The summed E-state index contributed by atoms with van der Waals surface area (Å²) in [5, 5.41) is 7.94. The summed E-state index contributed by atoms with van der Waals surface area (Å²) in [6, 6.07) is 9.55. The number of hydrogen-bond donors (Lipinski definition) is 1. The Kier molecular flexibility index (Phi) is 5.18. The Balaban J connectivity index is 1.73. The molecule has 1 fully saturated rings. The zero-order valence-corrected chi connectivity index (χ0v) is 16.9. The van der Waals surface area contributed by atoms with Crippen LogP contribution in [-0.2, 0) is 22.9 Å². The van der Waals surface area contributed by atoms with E-state index in [0.717, 1.165) is 12.0 Å². The van der Waals surface area contributed by atoms with Crippen LogP contribution in [0.4, 0.5) is 0 Å². The van der Waals surface area contributed by atoms with Gasteiger partial charge in [0, 0.05) is 19.6 Å². The summed E-state index contributed by atoms with van der Waals surface area (Å²) in [6.45, 7) is 5.65. The molecule has 7 nitrogen and oxygen atoms in total. The highest BCUT2D eigenvalue weighted by Gasteiger charge is 2.35. The Morgan fingerprint density at radius 2 is 2.00 bits per heavy atom. The van der Waals surface area contributed by atoms with Gasteiger partial charge in [-0.25, -0.2) is 13.4 Å². The maximum atomic E-state index is 13.5. The SMILES string of the molecule is CCc1ccc([C@@H]2CNCCN2S(=O)(=O)c2cnc3onc(CC)c3c2)cc1. The van der Waals surface area contributed by atoms with Gasteiger partial charge in [-0.05, 0) is 30.0 Å². The molecule has 1 atom stereocenters. The largest absolute Gasteiger partial charge is 0.336 e. The molecule has 0 bridgehead atoms. The summed E-state index contributed by atoms with van der Waals surface area (Å²) in [5.74, 6) is 0. The second kappa shape index (κ2) is 7.62. The van der Waals surface area contributed by atoms with Crippen molar-refractivity contribution in [3.05, 3.63) is 53.3 Å². The van der Waals surface area contributed by atoms with Crippen LogP contribution >= 0.6 is 0 Å². The number of hydrogen-bond acceptors (Lipinski definition) is 6. The topological polar surface area (TPSA) is 88.3 Å². The van der Waals surface area contributed by atoms with E-state index in [1.165, 1.54) is 11.8 Å². The van der Waals surface area contributed by atoms with Crippen LogP contribution < -0.4 is 5.32 Å². The molecule has 0 radical (unpaired) electrons. The van der Waals surface area contributed by atoms with Crippen LogP contribution in [0.3, 0.4) is 0 Å². The van der Waals surface area contributed by atoms with Gasteiger partial charge in [-0.15, -0.1) is 0 Å².